The Bertz CT molecular complexity index is 1370. The van der Waals surface area contributed by atoms with Gasteiger partial charge in [-0.15, -0.1) is 0 Å². The van der Waals surface area contributed by atoms with Crippen LogP contribution in [0.15, 0.2) is 83.7 Å². The highest BCUT2D eigenvalue weighted by Gasteiger charge is 2.13. The Balaban J connectivity index is 2.01. The molecular weight excluding hydrogens is 336 g/mol. The van der Waals surface area contributed by atoms with Crippen LogP contribution in [0.2, 0.25) is 0 Å². The van der Waals surface area contributed by atoms with Crippen LogP contribution in [0, 0.1) is 0 Å². The fraction of sp³-hybridized carbons (Fsp3) is 0.0435. The van der Waals surface area contributed by atoms with Crippen LogP contribution in [0.1, 0.15) is 0 Å². The molecule has 3 aromatic carbocycles. The molecule has 0 aliphatic carbocycles. The van der Waals surface area contributed by atoms with Crippen LogP contribution < -0.4 is 10.3 Å². The fourth-order valence-corrected chi connectivity index (χ4v) is 3.61. The van der Waals surface area contributed by atoms with Gasteiger partial charge in [0.2, 0.25) is 0 Å². The number of rotatable bonds is 2. The number of hydrogen-bond donors (Lipinski definition) is 0. The molecule has 130 valence electrons. The zero-order valence-electron chi connectivity index (χ0n) is 14.7. The number of benzene rings is 3. The highest BCUT2D eigenvalue weighted by molar-refractivity contribution is 5.99. The van der Waals surface area contributed by atoms with Crippen LogP contribution in [-0.4, -0.2) is 16.5 Å². The highest BCUT2D eigenvalue weighted by Crippen LogP contribution is 2.30. The summed E-state index contributed by atoms with van der Waals surface area (Å²) in [5.74, 6) is 0.804. The van der Waals surface area contributed by atoms with Gasteiger partial charge >= 0.3 is 0 Å². The Morgan fingerprint density at radius 3 is 2.33 bits per heavy atom. The fourth-order valence-electron chi connectivity index (χ4n) is 3.61. The molecule has 0 unspecified atom stereocenters. The van der Waals surface area contributed by atoms with Gasteiger partial charge in [0.1, 0.15) is 11.4 Å². The van der Waals surface area contributed by atoms with Crippen LogP contribution in [0.3, 0.4) is 0 Å². The molecule has 2 heterocycles. The van der Waals surface area contributed by atoms with Gasteiger partial charge in [0, 0.05) is 5.39 Å². The summed E-state index contributed by atoms with van der Waals surface area (Å²) in [5, 5.41) is 2.61. The second kappa shape index (κ2) is 5.95. The van der Waals surface area contributed by atoms with Crippen molar-refractivity contribution in [2.45, 2.75) is 0 Å². The molecule has 0 saturated carbocycles. The third kappa shape index (κ3) is 2.38. The molecule has 4 heteroatoms. The minimum atomic E-state index is -0.206. The molecule has 5 rings (SSSR count). The predicted molar refractivity (Wildman–Crippen MR) is 108 cm³/mol. The minimum absolute atomic E-state index is 0.206. The molecule has 0 fully saturated rings. The monoisotopic (exact) mass is 352 g/mol. The average Bonchev–Trinajstić information content (AvgIpc) is 2.73. The van der Waals surface area contributed by atoms with Crippen molar-refractivity contribution in [2.75, 3.05) is 7.11 Å². The Labute approximate surface area is 155 Å². The minimum Gasteiger partial charge on any atom is -0.497 e. The quantitative estimate of drug-likeness (QED) is 0.433. The third-order valence-corrected chi connectivity index (χ3v) is 4.92. The van der Waals surface area contributed by atoms with Crippen LogP contribution in [-0.2, 0) is 0 Å². The van der Waals surface area contributed by atoms with Crippen molar-refractivity contribution < 1.29 is 4.74 Å². The zero-order chi connectivity index (χ0) is 18.4. The van der Waals surface area contributed by atoms with Gasteiger partial charge in [0.15, 0.2) is 0 Å². The standard InChI is InChI=1S/C23H16N2O2/c1-27-17-12-10-15(11-13-17)21-14-16-6-2-3-7-18(16)22-24-23(26)19-8-4-5-9-20(19)25(21)22/h2-14H,1H3. The van der Waals surface area contributed by atoms with Crippen molar-refractivity contribution in [3.05, 3.63) is 89.2 Å². The molecule has 0 spiro atoms. The third-order valence-electron chi connectivity index (χ3n) is 4.92. The molecule has 27 heavy (non-hydrogen) atoms. The van der Waals surface area contributed by atoms with Gasteiger partial charge in [0.05, 0.1) is 23.7 Å². The summed E-state index contributed by atoms with van der Waals surface area (Å²) in [5.41, 5.74) is 3.33. The highest BCUT2D eigenvalue weighted by atomic mass is 16.5. The van der Waals surface area contributed by atoms with Gasteiger partial charge < -0.3 is 4.74 Å². The molecule has 4 nitrogen and oxygen atoms in total. The maximum absolute atomic E-state index is 12.6. The van der Waals surface area contributed by atoms with Gasteiger partial charge in [-0.3, -0.25) is 9.20 Å². The van der Waals surface area contributed by atoms with E-state index in [0.29, 0.717) is 11.0 Å². The van der Waals surface area contributed by atoms with Crippen molar-refractivity contribution in [3.63, 3.8) is 0 Å². The van der Waals surface area contributed by atoms with E-state index in [-0.39, 0.29) is 5.56 Å². The van der Waals surface area contributed by atoms with E-state index in [1.807, 2.05) is 72.8 Å². The molecule has 5 aromatic rings. The van der Waals surface area contributed by atoms with E-state index in [2.05, 4.69) is 15.5 Å². The van der Waals surface area contributed by atoms with E-state index in [9.17, 15) is 4.79 Å². The van der Waals surface area contributed by atoms with E-state index in [1.54, 1.807) is 7.11 Å². The normalized spacial score (nSPS) is 11.3. The molecule has 0 saturated heterocycles. The van der Waals surface area contributed by atoms with E-state index in [1.165, 1.54) is 0 Å². The van der Waals surface area contributed by atoms with Crippen molar-refractivity contribution in [3.8, 4) is 17.0 Å². The number of ether oxygens (including phenoxy) is 1. The summed E-state index contributed by atoms with van der Waals surface area (Å²) < 4.78 is 7.36. The Hall–Kier alpha value is -3.66. The maximum Gasteiger partial charge on any atom is 0.281 e. The topological polar surface area (TPSA) is 43.6 Å². The first-order chi connectivity index (χ1) is 13.3. The van der Waals surface area contributed by atoms with E-state index in [0.717, 1.165) is 33.3 Å². The average molecular weight is 352 g/mol. The molecule has 0 radical (unpaired) electrons. The largest absolute Gasteiger partial charge is 0.497 e. The summed E-state index contributed by atoms with van der Waals surface area (Å²) in [6.45, 7) is 0. The Morgan fingerprint density at radius 1 is 0.852 bits per heavy atom. The molecule has 0 atom stereocenters. The van der Waals surface area contributed by atoms with Gasteiger partial charge in [-0.2, -0.15) is 4.98 Å². The zero-order valence-corrected chi connectivity index (χ0v) is 14.7. The van der Waals surface area contributed by atoms with Crippen LogP contribution >= 0.6 is 0 Å². The van der Waals surface area contributed by atoms with Gasteiger partial charge in [-0.1, -0.05) is 36.4 Å². The summed E-state index contributed by atoms with van der Waals surface area (Å²) in [4.78, 5) is 17.1. The lowest BCUT2D eigenvalue weighted by molar-refractivity contribution is 0.415. The lowest BCUT2D eigenvalue weighted by Crippen LogP contribution is -2.12. The molecular formula is C23H16N2O2. The summed E-state index contributed by atoms with van der Waals surface area (Å²) in [7, 11) is 1.66. The van der Waals surface area contributed by atoms with Crippen molar-refractivity contribution in [1.29, 1.82) is 0 Å². The number of hydrogen-bond acceptors (Lipinski definition) is 3. The van der Waals surface area contributed by atoms with E-state index >= 15 is 0 Å². The van der Waals surface area contributed by atoms with E-state index in [4.69, 9.17) is 4.74 Å². The van der Waals surface area contributed by atoms with Crippen molar-refractivity contribution in [2.24, 2.45) is 0 Å². The number of fused-ring (bicyclic) bond motifs is 5. The van der Waals surface area contributed by atoms with Gasteiger partial charge in [0.25, 0.3) is 5.56 Å². The van der Waals surface area contributed by atoms with Gasteiger partial charge in [-0.25, -0.2) is 0 Å². The van der Waals surface area contributed by atoms with Crippen molar-refractivity contribution >= 4 is 27.3 Å². The lowest BCUT2D eigenvalue weighted by atomic mass is 10.1. The first kappa shape index (κ1) is 15.6. The first-order valence-corrected chi connectivity index (χ1v) is 8.74. The van der Waals surface area contributed by atoms with E-state index < -0.39 is 0 Å². The Kier molecular flexibility index (Phi) is 3.44. The second-order valence-electron chi connectivity index (χ2n) is 6.44. The lowest BCUT2D eigenvalue weighted by Gasteiger charge is -2.15. The molecule has 0 N–H and O–H groups in total. The van der Waals surface area contributed by atoms with Gasteiger partial charge in [-0.05, 0) is 53.4 Å². The number of pyridine rings is 1. The SMILES string of the molecule is COc1ccc(-c2cc3ccccc3c3nc(=O)c4ccccc4n23)cc1. The molecule has 0 bridgehead atoms. The molecule has 0 aliphatic heterocycles. The summed E-state index contributed by atoms with van der Waals surface area (Å²) >= 11 is 0. The molecule has 0 aliphatic rings. The number of aromatic nitrogens is 2. The number of para-hydroxylation sites is 1. The van der Waals surface area contributed by atoms with Crippen LogP contribution in [0.4, 0.5) is 0 Å². The van der Waals surface area contributed by atoms with Crippen LogP contribution in [0.5, 0.6) is 5.75 Å². The number of nitrogens with zero attached hydrogens (tertiary/aromatic N) is 2. The van der Waals surface area contributed by atoms with Crippen LogP contribution in [0.25, 0.3) is 38.6 Å². The number of methoxy groups -OCH3 is 1. The smallest absolute Gasteiger partial charge is 0.281 e. The second-order valence-corrected chi connectivity index (χ2v) is 6.44. The summed E-state index contributed by atoms with van der Waals surface area (Å²) in [6, 6.07) is 25.7. The van der Waals surface area contributed by atoms with Crippen molar-refractivity contribution in [1.82, 2.24) is 9.38 Å². The maximum atomic E-state index is 12.6. The first-order valence-electron chi connectivity index (χ1n) is 8.74. The molecule has 2 aromatic heterocycles. The Morgan fingerprint density at radius 2 is 1.56 bits per heavy atom. The molecule has 0 amide bonds. The summed E-state index contributed by atoms with van der Waals surface area (Å²) in [6.07, 6.45) is 0. The predicted octanol–water partition coefficient (Wildman–Crippen LogP) is 4.68.